The predicted octanol–water partition coefficient (Wildman–Crippen LogP) is 1.47. The van der Waals surface area contributed by atoms with Gasteiger partial charge in [-0.3, -0.25) is 10.1 Å². The molecule has 6 heteroatoms. The van der Waals surface area contributed by atoms with E-state index >= 15 is 0 Å². The quantitative estimate of drug-likeness (QED) is 0.758. The van der Waals surface area contributed by atoms with E-state index < -0.39 is 11.8 Å². The zero-order valence-electron chi connectivity index (χ0n) is 10.4. The number of anilines is 1. The number of hydrogen-bond acceptors (Lipinski definition) is 3. The van der Waals surface area contributed by atoms with E-state index in [1.807, 2.05) is 0 Å². The Morgan fingerprint density at radius 3 is 2.68 bits per heavy atom. The second kappa shape index (κ2) is 6.29. The molecule has 5 nitrogen and oxygen atoms in total. The molecule has 1 aliphatic heterocycles. The summed E-state index contributed by atoms with van der Waals surface area (Å²) in [4.78, 5) is 23.4. The van der Waals surface area contributed by atoms with Crippen molar-refractivity contribution >= 4 is 17.6 Å². The average molecular weight is 265 g/mol. The van der Waals surface area contributed by atoms with Gasteiger partial charge in [-0.1, -0.05) is 6.07 Å². The molecule has 1 heterocycles. The first-order valence-electron chi connectivity index (χ1n) is 6.23. The molecule has 2 rings (SSSR count). The zero-order chi connectivity index (χ0) is 13.7. The van der Waals surface area contributed by atoms with E-state index in [0.29, 0.717) is 5.69 Å². The molecule has 1 aromatic rings. The van der Waals surface area contributed by atoms with Gasteiger partial charge in [0.25, 0.3) is 0 Å². The van der Waals surface area contributed by atoms with Crippen LogP contribution in [0.5, 0.6) is 0 Å². The van der Waals surface area contributed by atoms with Gasteiger partial charge in [0.1, 0.15) is 5.82 Å². The van der Waals surface area contributed by atoms with Crippen LogP contribution in [0.4, 0.5) is 14.9 Å². The first-order valence-corrected chi connectivity index (χ1v) is 6.23. The van der Waals surface area contributed by atoms with Crippen molar-refractivity contribution in [3.05, 3.63) is 30.1 Å². The Hall–Kier alpha value is -1.95. The number of carbonyl (C=O) groups excluding carboxylic acids is 2. The number of nitrogens with one attached hydrogen (secondary N) is 3. The van der Waals surface area contributed by atoms with Gasteiger partial charge in [-0.15, -0.1) is 0 Å². The van der Waals surface area contributed by atoms with Crippen molar-refractivity contribution in [2.24, 2.45) is 5.92 Å². The lowest BCUT2D eigenvalue weighted by atomic mass is 9.97. The highest BCUT2D eigenvalue weighted by molar-refractivity contribution is 6.01. The minimum absolute atomic E-state index is 0.139. The zero-order valence-corrected chi connectivity index (χ0v) is 10.4. The maximum Gasteiger partial charge on any atom is 0.325 e. The van der Waals surface area contributed by atoms with Gasteiger partial charge in [0, 0.05) is 11.6 Å². The molecule has 0 spiro atoms. The number of carbonyl (C=O) groups is 2. The molecule has 1 fully saturated rings. The summed E-state index contributed by atoms with van der Waals surface area (Å²) in [6, 6.07) is 4.88. The number of benzene rings is 1. The molecular weight excluding hydrogens is 249 g/mol. The van der Waals surface area contributed by atoms with Gasteiger partial charge >= 0.3 is 6.03 Å². The Bertz CT molecular complexity index is 473. The summed E-state index contributed by atoms with van der Waals surface area (Å²) < 4.78 is 12.9. The number of rotatable bonds is 2. The number of amides is 3. The largest absolute Gasteiger partial charge is 0.325 e. The van der Waals surface area contributed by atoms with E-state index in [4.69, 9.17) is 0 Å². The normalized spacial score (nSPS) is 15.8. The molecule has 1 aromatic carbocycles. The Morgan fingerprint density at radius 1 is 1.26 bits per heavy atom. The van der Waals surface area contributed by atoms with Crippen LogP contribution in [-0.4, -0.2) is 25.0 Å². The van der Waals surface area contributed by atoms with Gasteiger partial charge in [0.2, 0.25) is 5.91 Å². The number of piperidine rings is 1. The Kier molecular flexibility index (Phi) is 4.46. The highest BCUT2D eigenvalue weighted by Gasteiger charge is 2.22. The molecule has 0 saturated carbocycles. The van der Waals surface area contributed by atoms with Crippen LogP contribution in [0.1, 0.15) is 12.8 Å². The van der Waals surface area contributed by atoms with Crippen LogP contribution in [0, 0.1) is 11.7 Å². The highest BCUT2D eigenvalue weighted by atomic mass is 19.1. The molecule has 0 unspecified atom stereocenters. The minimum Gasteiger partial charge on any atom is -0.317 e. The third kappa shape index (κ3) is 4.03. The fourth-order valence-corrected chi connectivity index (χ4v) is 2.03. The van der Waals surface area contributed by atoms with Crippen LogP contribution in [0.25, 0.3) is 0 Å². The third-order valence-corrected chi connectivity index (χ3v) is 3.03. The average Bonchev–Trinajstić information content (AvgIpc) is 2.39. The third-order valence-electron chi connectivity index (χ3n) is 3.03. The summed E-state index contributed by atoms with van der Waals surface area (Å²) in [6.45, 7) is 1.56. The van der Waals surface area contributed by atoms with Crippen molar-refractivity contribution < 1.29 is 14.0 Å². The second-order valence-electron chi connectivity index (χ2n) is 4.48. The molecule has 3 N–H and O–H groups in total. The van der Waals surface area contributed by atoms with Crippen molar-refractivity contribution in [2.45, 2.75) is 12.8 Å². The molecule has 1 aliphatic rings. The Labute approximate surface area is 110 Å². The van der Waals surface area contributed by atoms with Gasteiger partial charge in [0.15, 0.2) is 0 Å². The molecule has 19 heavy (non-hydrogen) atoms. The van der Waals surface area contributed by atoms with E-state index in [0.717, 1.165) is 25.9 Å². The lowest BCUT2D eigenvalue weighted by Crippen LogP contribution is -2.42. The van der Waals surface area contributed by atoms with Crippen LogP contribution in [-0.2, 0) is 4.79 Å². The number of halogens is 1. The van der Waals surface area contributed by atoms with Crippen LogP contribution >= 0.6 is 0 Å². The van der Waals surface area contributed by atoms with E-state index in [1.165, 1.54) is 18.2 Å². The lowest BCUT2D eigenvalue weighted by Gasteiger charge is -2.21. The van der Waals surface area contributed by atoms with Gasteiger partial charge < -0.3 is 10.6 Å². The summed E-state index contributed by atoms with van der Waals surface area (Å²) in [5.74, 6) is -0.864. The van der Waals surface area contributed by atoms with Crippen LogP contribution < -0.4 is 16.0 Å². The van der Waals surface area contributed by atoms with E-state index in [2.05, 4.69) is 16.0 Å². The molecule has 0 aliphatic carbocycles. The Balaban J connectivity index is 1.85. The van der Waals surface area contributed by atoms with Crippen LogP contribution in [0.3, 0.4) is 0 Å². The summed E-state index contributed by atoms with van der Waals surface area (Å²) in [7, 11) is 0. The van der Waals surface area contributed by atoms with Gasteiger partial charge in [0.05, 0.1) is 0 Å². The molecule has 0 atom stereocenters. The molecule has 0 radical (unpaired) electrons. The van der Waals surface area contributed by atoms with Crippen molar-refractivity contribution in [3.8, 4) is 0 Å². The van der Waals surface area contributed by atoms with Crippen LogP contribution in [0.2, 0.25) is 0 Å². The summed E-state index contributed by atoms with van der Waals surface area (Å²) in [5, 5.41) is 7.85. The smallest absolute Gasteiger partial charge is 0.317 e. The second-order valence-corrected chi connectivity index (χ2v) is 4.48. The summed E-state index contributed by atoms with van der Waals surface area (Å²) in [6.07, 6.45) is 1.44. The van der Waals surface area contributed by atoms with Crippen molar-refractivity contribution in [2.75, 3.05) is 18.4 Å². The fourth-order valence-electron chi connectivity index (χ4n) is 2.03. The molecule has 3 amide bonds. The fraction of sp³-hybridized carbons (Fsp3) is 0.385. The van der Waals surface area contributed by atoms with E-state index in [-0.39, 0.29) is 11.8 Å². The molecule has 1 saturated heterocycles. The maximum absolute atomic E-state index is 12.9. The van der Waals surface area contributed by atoms with Gasteiger partial charge in [-0.25, -0.2) is 9.18 Å². The van der Waals surface area contributed by atoms with Crippen molar-refractivity contribution in [3.63, 3.8) is 0 Å². The maximum atomic E-state index is 12.9. The van der Waals surface area contributed by atoms with Crippen LogP contribution in [0.15, 0.2) is 24.3 Å². The first-order chi connectivity index (χ1) is 9.15. The van der Waals surface area contributed by atoms with Gasteiger partial charge in [-0.2, -0.15) is 0 Å². The summed E-state index contributed by atoms with van der Waals surface area (Å²) in [5.41, 5.74) is 0.315. The lowest BCUT2D eigenvalue weighted by molar-refractivity contribution is -0.124. The SMILES string of the molecule is O=C(NC(=O)C1CCNCC1)Nc1cccc(F)c1. The summed E-state index contributed by atoms with van der Waals surface area (Å²) >= 11 is 0. The Morgan fingerprint density at radius 2 is 2.00 bits per heavy atom. The standard InChI is InChI=1S/C13H16FN3O2/c14-10-2-1-3-11(8-10)16-13(19)17-12(18)9-4-6-15-7-5-9/h1-3,8-9,15H,4-7H2,(H2,16,17,18,19). The van der Waals surface area contributed by atoms with Crippen molar-refractivity contribution in [1.29, 1.82) is 0 Å². The molecular formula is C13H16FN3O2. The van der Waals surface area contributed by atoms with Gasteiger partial charge in [-0.05, 0) is 44.1 Å². The number of hydrogen-bond donors (Lipinski definition) is 3. The topological polar surface area (TPSA) is 70.2 Å². The predicted molar refractivity (Wildman–Crippen MR) is 69.2 cm³/mol. The number of imide groups is 1. The molecule has 102 valence electrons. The monoisotopic (exact) mass is 265 g/mol. The molecule has 0 aromatic heterocycles. The molecule has 0 bridgehead atoms. The van der Waals surface area contributed by atoms with Crippen molar-refractivity contribution in [1.82, 2.24) is 10.6 Å². The number of urea groups is 1. The minimum atomic E-state index is -0.630. The first kappa shape index (κ1) is 13.5. The van der Waals surface area contributed by atoms with E-state index in [1.54, 1.807) is 6.07 Å². The highest BCUT2D eigenvalue weighted by Crippen LogP contribution is 2.12. The van der Waals surface area contributed by atoms with E-state index in [9.17, 15) is 14.0 Å².